The third kappa shape index (κ3) is 5.30. The van der Waals surface area contributed by atoms with E-state index in [0.717, 1.165) is 5.56 Å². The Hall–Kier alpha value is -2.04. The molecule has 1 rings (SSSR count). The van der Waals surface area contributed by atoms with Gasteiger partial charge >= 0.3 is 0 Å². The second kappa shape index (κ2) is 8.19. The minimum Gasteiger partial charge on any atom is -0.399 e. The van der Waals surface area contributed by atoms with Crippen LogP contribution in [0, 0.1) is 0 Å². The molecule has 1 aromatic carbocycles. The molecule has 3 N–H and O–H groups in total. The first kappa shape index (κ1) is 16.0. The summed E-state index contributed by atoms with van der Waals surface area (Å²) in [5.74, 6) is -0.132. The summed E-state index contributed by atoms with van der Waals surface area (Å²) in [6.07, 6.45) is 1.02. The molecule has 1 aromatic rings. The molecular formula is C15H23N3O2. The summed E-state index contributed by atoms with van der Waals surface area (Å²) in [6.45, 7) is 4.97. The van der Waals surface area contributed by atoms with E-state index in [1.54, 1.807) is 4.90 Å². The highest BCUT2D eigenvalue weighted by atomic mass is 16.2. The number of carbonyl (C=O) groups excluding carboxylic acids is 2. The van der Waals surface area contributed by atoms with Gasteiger partial charge in [0.1, 0.15) is 0 Å². The lowest BCUT2D eigenvalue weighted by Crippen LogP contribution is -2.40. The highest BCUT2D eigenvalue weighted by molar-refractivity contribution is 5.84. The van der Waals surface area contributed by atoms with Crippen molar-refractivity contribution in [1.29, 1.82) is 0 Å². The zero-order valence-corrected chi connectivity index (χ0v) is 12.2. The van der Waals surface area contributed by atoms with E-state index >= 15 is 0 Å². The van der Waals surface area contributed by atoms with E-state index in [-0.39, 0.29) is 18.4 Å². The van der Waals surface area contributed by atoms with Crippen LogP contribution >= 0.6 is 0 Å². The number of likely N-dealkylation sites (N-methyl/N-ethyl adjacent to an activating group) is 2. The molecule has 0 spiro atoms. The van der Waals surface area contributed by atoms with Gasteiger partial charge in [-0.1, -0.05) is 12.1 Å². The number of hydrogen-bond donors (Lipinski definition) is 2. The quantitative estimate of drug-likeness (QED) is 0.735. The number of hydrogen-bond acceptors (Lipinski definition) is 3. The third-order valence-electron chi connectivity index (χ3n) is 3.02. The number of benzene rings is 1. The van der Waals surface area contributed by atoms with Crippen LogP contribution in [-0.4, -0.2) is 36.3 Å². The van der Waals surface area contributed by atoms with E-state index in [9.17, 15) is 9.59 Å². The number of rotatable bonds is 7. The first-order valence-corrected chi connectivity index (χ1v) is 6.95. The maximum atomic E-state index is 12.1. The van der Waals surface area contributed by atoms with Crippen LogP contribution in [0.15, 0.2) is 24.3 Å². The van der Waals surface area contributed by atoms with Crippen molar-refractivity contribution in [2.45, 2.75) is 26.7 Å². The first-order valence-electron chi connectivity index (χ1n) is 6.95. The average molecular weight is 277 g/mol. The van der Waals surface area contributed by atoms with Crippen LogP contribution in [0.4, 0.5) is 5.69 Å². The Morgan fingerprint density at radius 3 is 2.65 bits per heavy atom. The van der Waals surface area contributed by atoms with E-state index in [0.29, 0.717) is 31.6 Å². The summed E-state index contributed by atoms with van der Waals surface area (Å²) in [5, 5.41) is 2.70. The summed E-state index contributed by atoms with van der Waals surface area (Å²) in [6, 6.07) is 7.51. The molecular weight excluding hydrogens is 254 g/mol. The molecule has 5 nitrogen and oxygen atoms in total. The Bertz CT molecular complexity index is 460. The molecule has 110 valence electrons. The van der Waals surface area contributed by atoms with E-state index < -0.39 is 0 Å². The third-order valence-corrected chi connectivity index (χ3v) is 3.02. The van der Waals surface area contributed by atoms with Crippen molar-refractivity contribution in [1.82, 2.24) is 10.2 Å². The number of carbonyl (C=O) groups is 2. The molecule has 0 unspecified atom stereocenters. The van der Waals surface area contributed by atoms with Gasteiger partial charge in [-0.3, -0.25) is 9.59 Å². The van der Waals surface area contributed by atoms with Gasteiger partial charge in [0.05, 0.1) is 6.54 Å². The number of aryl methyl sites for hydroxylation is 1. The first-order chi connectivity index (χ1) is 9.56. The molecule has 0 aromatic heterocycles. The van der Waals surface area contributed by atoms with Crippen LogP contribution in [0.3, 0.4) is 0 Å². The van der Waals surface area contributed by atoms with Gasteiger partial charge in [-0.2, -0.15) is 0 Å². The number of nitrogen functional groups attached to an aromatic ring is 1. The van der Waals surface area contributed by atoms with Crippen LogP contribution in [0.2, 0.25) is 0 Å². The van der Waals surface area contributed by atoms with Crippen LogP contribution in [0.5, 0.6) is 0 Å². The number of anilines is 1. The van der Waals surface area contributed by atoms with Gasteiger partial charge in [-0.15, -0.1) is 0 Å². The summed E-state index contributed by atoms with van der Waals surface area (Å²) < 4.78 is 0. The molecule has 0 atom stereocenters. The Morgan fingerprint density at radius 2 is 2.05 bits per heavy atom. The largest absolute Gasteiger partial charge is 0.399 e. The minimum atomic E-state index is -0.119. The summed E-state index contributed by atoms with van der Waals surface area (Å²) in [7, 11) is 0. The van der Waals surface area contributed by atoms with Crippen LogP contribution < -0.4 is 11.1 Å². The fourth-order valence-corrected chi connectivity index (χ4v) is 1.96. The van der Waals surface area contributed by atoms with Gasteiger partial charge in [-0.05, 0) is 38.0 Å². The molecule has 0 bridgehead atoms. The zero-order valence-electron chi connectivity index (χ0n) is 12.2. The predicted octanol–water partition coefficient (Wildman–Crippen LogP) is 1.19. The summed E-state index contributed by atoms with van der Waals surface area (Å²) >= 11 is 0. The smallest absolute Gasteiger partial charge is 0.239 e. The normalized spacial score (nSPS) is 10.1. The lowest BCUT2D eigenvalue weighted by atomic mass is 10.1. The van der Waals surface area contributed by atoms with Gasteiger partial charge in [0, 0.05) is 25.2 Å². The molecule has 0 saturated carbocycles. The molecule has 20 heavy (non-hydrogen) atoms. The molecule has 0 saturated heterocycles. The Balaban J connectivity index is 2.49. The van der Waals surface area contributed by atoms with Crippen LogP contribution in [0.1, 0.15) is 25.8 Å². The SMILES string of the molecule is CCNC(=O)CN(CC)C(=O)CCc1cccc(N)c1. The van der Waals surface area contributed by atoms with E-state index in [2.05, 4.69) is 5.32 Å². The van der Waals surface area contributed by atoms with Gasteiger partial charge in [0.25, 0.3) is 0 Å². The minimum absolute atomic E-state index is 0.0128. The standard InChI is InChI=1S/C15H23N3O2/c1-3-17-14(19)11-18(4-2)15(20)9-8-12-6-5-7-13(16)10-12/h5-7,10H,3-4,8-9,11,16H2,1-2H3,(H,17,19). The van der Waals surface area contributed by atoms with Crippen molar-refractivity contribution < 1.29 is 9.59 Å². The van der Waals surface area contributed by atoms with Crippen molar-refractivity contribution in [3.05, 3.63) is 29.8 Å². The van der Waals surface area contributed by atoms with Crippen molar-refractivity contribution in [3.63, 3.8) is 0 Å². The van der Waals surface area contributed by atoms with E-state index in [1.165, 1.54) is 0 Å². The maximum absolute atomic E-state index is 12.1. The summed E-state index contributed by atoms with van der Waals surface area (Å²) in [5.41, 5.74) is 7.44. The lowest BCUT2D eigenvalue weighted by Gasteiger charge is -2.20. The van der Waals surface area contributed by atoms with Crippen molar-refractivity contribution >= 4 is 17.5 Å². The monoisotopic (exact) mass is 277 g/mol. The molecule has 0 aliphatic rings. The van der Waals surface area contributed by atoms with Gasteiger partial charge < -0.3 is 16.0 Å². The van der Waals surface area contributed by atoms with E-state index in [4.69, 9.17) is 5.73 Å². The van der Waals surface area contributed by atoms with Gasteiger partial charge in [0.2, 0.25) is 11.8 Å². The number of nitrogens with one attached hydrogen (secondary N) is 1. The summed E-state index contributed by atoms with van der Waals surface area (Å²) in [4.78, 5) is 25.2. The Morgan fingerprint density at radius 1 is 1.30 bits per heavy atom. The van der Waals surface area contributed by atoms with Crippen LogP contribution in [-0.2, 0) is 16.0 Å². The van der Waals surface area contributed by atoms with Gasteiger partial charge in [0.15, 0.2) is 0 Å². The zero-order chi connectivity index (χ0) is 15.0. The van der Waals surface area contributed by atoms with Crippen molar-refractivity contribution in [2.24, 2.45) is 0 Å². The second-order valence-electron chi connectivity index (χ2n) is 4.61. The molecule has 0 heterocycles. The highest BCUT2D eigenvalue weighted by Crippen LogP contribution is 2.09. The fraction of sp³-hybridized carbons (Fsp3) is 0.467. The Labute approximate surface area is 120 Å². The second-order valence-corrected chi connectivity index (χ2v) is 4.61. The average Bonchev–Trinajstić information content (AvgIpc) is 2.42. The molecule has 0 aliphatic heterocycles. The van der Waals surface area contributed by atoms with Crippen molar-refractivity contribution in [2.75, 3.05) is 25.4 Å². The molecule has 0 aliphatic carbocycles. The Kier molecular flexibility index (Phi) is 6.56. The molecule has 0 radical (unpaired) electrons. The maximum Gasteiger partial charge on any atom is 0.239 e. The molecule has 2 amide bonds. The van der Waals surface area contributed by atoms with Gasteiger partial charge in [-0.25, -0.2) is 0 Å². The molecule has 5 heteroatoms. The fourth-order valence-electron chi connectivity index (χ4n) is 1.96. The number of nitrogens with two attached hydrogens (primary N) is 1. The van der Waals surface area contributed by atoms with Crippen molar-refractivity contribution in [3.8, 4) is 0 Å². The van der Waals surface area contributed by atoms with E-state index in [1.807, 2.05) is 38.1 Å². The van der Waals surface area contributed by atoms with Crippen LogP contribution in [0.25, 0.3) is 0 Å². The molecule has 0 fully saturated rings. The number of amides is 2. The number of nitrogens with zero attached hydrogens (tertiary/aromatic N) is 1. The predicted molar refractivity (Wildman–Crippen MR) is 80.1 cm³/mol. The topological polar surface area (TPSA) is 75.4 Å². The lowest BCUT2D eigenvalue weighted by molar-refractivity contribution is -0.135. The highest BCUT2D eigenvalue weighted by Gasteiger charge is 2.14.